The summed E-state index contributed by atoms with van der Waals surface area (Å²) in [7, 11) is -2.81. The molecule has 0 radical (unpaired) electrons. The second-order valence-electron chi connectivity index (χ2n) is 6.99. The maximum absolute atomic E-state index is 12.4. The lowest BCUT2D eigenvalue weighted by molar-refractivity contribution is 0.0884. The lowest BCUT2D eigenvalue weighted by atomic mass is 10.0. The number of aryl methyl sites for hydroxylation is 2. The Morgan fingerprint density at radius 3 is 2.33 bits per heavy atom. The molecule has 1 amide bonds. The maximum atomic E-state index is 12.4. The molecule has 0 aromatic carbocycles. The van der Waals surface area contributed by atoms with Gasteiger partial charge in [0.05, 0.1) is 17.1 Å². The van der Waals surface area contributed by atoms with Crippen molar-refractivity contribution in [2.45, 2.75) is 51.6 Å². The van der Waals surface area contributed by atoms with Gasteiger partial charge < -0.3 is 14.6 Å². The zero-order chi connectivity index (χ0) is 17.3. The number of hydrogen-bond donors (Lipinski definition) is 1. The number of piperidine rings is 1. The summed E-state index contributed by atoms with van der Waals surface area (Å²) in [5.41, 5.74) is 0.618. The first kappa shape index (κ1) is 17.5. The number of carbonyl (C=O) groups is 1. The van der Waals surface area contributed by atoms with E-state index in [-0.39, 0.29) is 11.9 Å². The van der Waals surface area contributed by atoms with Crippen LogP contribution in [0.5, 0.6) is 0 Å². The van der Waals surface area contributed by atoms with Crippen LogP contribution in [0.2, 0.25) is 0 Å². The van der Waals surface area contributed by atoms with E-state index >= 15 is 0 Å². The Morgan fingerprint density at radius 2 is 1.79 bits per heavy atom. The van der Waals surface area contributed by atoms with E-state index in [0.717, 1.165) is 44.5 Å². The Bertz CT molecular complexity index is 688. The van der Waals surface area contributed by atoms with Gasteiger partial charge in [-0.3, -0.25) is 4.79 Å². The molecule has 0 saturated carbocycles. The van der Waals surface area contributed by atoms with E-state index in [1.165, 1.54) is 0 Å². The molecule has 3 heterocycles. The summed E-state index contributed by atoms with van der Waals surface area (Å²) in [6.45, 7) is 5.48. The van der Waals surface area contributed by atoms with Gasteiger partial charge in [-0.05, 0) is 45.6 Å². The number of furan rings is 1. The lowest BCUT2D eigenvalue weighted by Gasteiger charge is -2.39. The zero-order valence-corrected chi connectivity index (χ0v) is 15.2. The number of carbonyl (C=O) groups excluding carboxylic acids is 1. The summed E-state index contributed by atoms with van der Waals surface area (Å²) in [6.07, 6.45) is 3.30. The molecule has 2 fully saturated rings. The molecular weight excluding hydrogens is 328 g/mol. The van der Waals surface area contributed by atoms with Crippen molar-refractivity contribution in [2.24, 2.45) is 0 Å². The van der Waals surface area contributed by atoms with E-state index < -0.39 is 9.84 Å². The van der Waals surface area contributed by atoms with Crippen LogP contribution < -0.4 is 5.32 Å². The van der Waals surface area contributed by atoms with Crippen molar-refractivity contribution in [3.8, 4) is 0 Å². The molecular formula is C17H26N2O4S. The van der Waals surface area contributed by atoms with E-state index in [4.69, 9.17) is 4.42 Å². The molecule has 134 valence electrons. The fourth-order valence-corrected chi connectivity index (χ4v) is 5.24. The van der Waals surface area contributed by atoms with Crippen LogP contribution in [0.4, 0.5) is 0 Å². The van der Waals surface area contributed by atoms with E-state index in [0.29, 0.717) is 28.9 Å². The van der Waals surface area contributed by atoms with Gasteiger partial charge in [0.2, 0.25) is 0 Å². The SMILES string of the molecule is Cc1cc(C(=O)NC2CCN(C3CCS(=O)(=O)CC3)CC2)c(C)o1. The van der Waals surface area contributed by atoms with Crippen molar-refractivity contribution in [2.75, 3.05) is 24.6 Å². The van der Waals surface area contributed by atoms with Crippen LogP contribution in [0.15, 0.2) is 10.5 Å². The average molecular weight is 354 g/mol. The van der Waals surface area contributed by atoms with Crippen LogP contribution in [0.1, 0.15) is 47.6 Å². The molecule has 2 saturated heterocycles. The van der Waals surface area contributed by atoms with Gasteiger partial charge in [-0.25, -0.2) is 8.42 Å². The Labute approximate surface area is 143 Å². The summed E-state index contributed by atoms with van der Waals surface area (Å²) < 4.78 is 28.5. The van der Waals surface area contributed by atoms with Gasteiger partial charge in [0.25, 0.3) is 5.91 Å². The van der Waals surface area contributed by atoms with Crippen LogP contribution in [0.3, 0.4) is 0 Å². The molecule has 24 heavy (non-hydrogen) atoms. The molecule has 0 spiro atoms. The molecule has 6 nitrogen and oxygen atoms in total. The molecule has 3 rings (SSSR count). The van der Waals surface area contributed by atoms with Gasteiger partial charge in [-0.15, -0.1) is 0 Å². The van der Waals surface area contributed by atoms with Gasteiger partial charge in [0.1, 0.15) is 21.4 Å². The summed E-state index contributed by atoms with van der Waals surface area (Å²) in [5.74, 6) is 1.97. The molecule has 1 N–H and O–H groups in total. The van der Waals surface area contributed by atoms with Crippen LogP contribution in [0.25, 0.3) is 0 Å². The molecule has 1 aromatic heterocycles. The number of sulfone groups is 1. The number of amides is 1. The van der Waals surface area contributed by atoms with Gasteiger partial charge in [-0.2, -0.15) is 0 Å². The monoisotopic (exact) mass is 354 g/mol. The smallest absolute Gasteiger partial charge is 0.255 e. The first-order valence-electron chi connectivity index (χ1n) is 8.66. The molecule has 7 heteroatoms. The lowest BCUT2D eigenvalue weighted by Crippen LogP contribution is -2.49. The molecule has 2 aliphatic heterocycles. The number of rotatable bonds is 3. The van der Waals surface area contributed by atoms with Crippen molar-refractivity contribution in [1.29, 1.82) is 0 Å². The van der Waals surface area contributed by atoms with E-state index in [9.17, 15) is 13.2 Å². The highest BCUT2D eigenvalue weighted by Crippen LogP contribution is 2.22. The molecule has 2 aliphatic rings. The summed E-state index contributed by atoms with van der Waals surface area (Å²) in [6, 6.07) is 2.34. The third-order valence-electron chi connectivity index (χ3n) is 5.19. The summed E-state index contributed by atoms with van der Waals surface area (Å²) in [4.78, 5) is 14.7. The molecule has 1 aromatic rings. The Hall–Kier alpha value is -1.34. The highest BCUT2D eigenvalue weighted by atomic mass is 32.2. The van der Waals surface area contributed by atoms with Crippen LogP contribution in [0, 0.1) is 13.8 Å². The fourth-order valence-electron chi connectivity index (χ4n) is 3.77. The van der Waals surface area contributed by atoms with E-state index in [1.807, 2.05) is 13.8 Å². The minimum Gasteiger partial charge on any atom is -0.466 e. The number of hydrogen-bond acceptors (Lipinski definition) is 5. The largest absolute Gasteiger partial charge is 0.466 e. The van der Waals surface area contributed by atoms with Crippen molar-refractivity contribution >= 4 is 15.7 Å². The van der Waals surface area contributed by atoms with Crippen LogP contribution in [-0.2, 0) is 9.84 Å². The predicted octanol–water partition coefficient (Wildman–Crippen LogP) is 1.67. The topological polar surface area (TPSA) is 79.6 Å². The first-order valence-corrected chi connectivity index (χ1v) is 10.5. The minimum atomic E-state index is -2.81. The Balaban J connectivity index is 1.49. The molecule has 0 bridgehead atoms. The molecule has 0 unspecified atom stereocenters. The van der Waals surface area contributed by atoms with E-state index in [2.05, 4.69) is 10.2 Å². The third-order valence-corrected chi connectivity index (χ3v) is 6.91. The van der Waals surface area contributed by atoms with Crippen molar-refractivity contribution in [3.63, 3.8) is 0 Å². The van der Waals surface area contributed by atoms with Crippen LogP contribution in [-0.4, -0.2) is 55.9 Å². The zero-order valence-electron chi connectivity index (χ0n) is 14.4. The standard InChI is InChI=1S/C17H26N2O4S/c1-12-11-16(13(2)23-12)17(20)18-14-3-7-19(8-4-14)15-5-9-24(21,22)10-6-15/h11,14-15H,3-10H2,1-2H3,(H,18,20). The number of likely N-dealkylation sites (tertiary alicyclic amines) is 1. The number of nitrogens with zero attached hydrogens (tertiary/aromatic N) is 1. The van der Waals surface area contributed by atoms with Crippen molar-refractivity contribution in [3.05, 3.63) is 23.2 Å². The maximum Gasteiger partial charge on any atom is 0.255 e. The molecule has 0 aliphatic carbocycles. The highest BCUT2D eigenvalue weighted by molar-refractivity contribution is 7.91. The third kappa shape index (κ3) is 4.00. The van der Waals surface area contributed by atoms with Gasteiger partial charge in [0.15, 0.2) is 0 Å². The van der Waals surface area contributed by atoms with Crippen LogP contribution >= 0.6 is 0 Å². The Kier molecular flexibility index (Phi) is 5.01. The predicted molar refractivity (Wildman–Crippen MR) is 91.9 cm³/mol. The summed E-state index contributed by atoms with van der Waals surface area (Å²) >= 11 is 0. The minimum absolute atomic E-state index is 0.0634. The van der Waals surface area contributed by atoms with Crippen molar-refractivity contribution in [1.82, 2.24) is 10.2 Å². The second kappa shape index (κ2) is 6.88. The van der Waals surface area contributed by atoms with Gasteiger partial charge in [0, 0.05) is 25.2 Å². The Morgan fingerprint density at radius 1 is 1.17 bits per heavy atom. The highest BCUT2D eigenvalue weighted by Gasteiger charge is 2.31. The quantitative estimate of drug-likeness (QED) is 0.893. The van der Waals surface area contributed by atoms with Crippen molar-refractivity contribution < 1.29 is 17.6 Å². The normalized spacial score (nSPS) is 23.2. The second-order valence-corrected chi connectivity index (χ2v) is 9.30. The first-order chi connectivity index (χ1) is 11.3. The average Bonchev–Trinajstić information content (AvgIpc) is 2.87. The summed E-state index contributed by atoms with van der Waals surface area (Å²) in [5, 5.41) is 3.10. The molecule has 0 atom stereocenters. The van der Waals surface area contributed by atoms with E-state index in [1.54, 1.807) is 6.07 Å². The fraction of sp³-hybridized carbons (Fsp3) is 0.706. The van der Waals surface area contributed by atoms with Gasteiger partial charge in [-0.1, -0.05) is 0 Å². The number of nitrogens with one attached hydrogen (secondary N) is 1. The van der Waals surface area contributed by atoms with Gasteiger partial charge >= 0.3 is 0 Å².